The Morgan fingerprint density at radius 1 is 1.19 bits per heavy atom. The van der Waals surface area contributed by atoms with Gasteiger partial charge in [-0.25, -0.2) is 4.39 Å². The maximum atomic E-state index is 14.8. The van der Waals surface area contributed by atoms with E-state index in [1.54, 1.807) is 23.1 Å². The minimum atomic E-state index is -0.914. The van der Waals surface area contributed by atoms with Crippen molar-refractivity contribution in [2.75, 3.05) is 4.90 Å². The van der Waals surface area contributed by atoms with E-state index in [4.69, 9.17) is 0 Å². The Bertz CT molecular complexity index is 1350. The topological polar surface area (TPSA) is 91.0 Å². The second-order valence-electron chi connectivity index (χ2n) is 10.3. The number of aromatic nitrogens is 2. The lowest BCUT2D eigenvalue weighted by molar-refractivity contribution is -0.121. The van der Waals surface area contributed by atoms with Crippen LogP contribution in [0.3, 0.4) is 0 Å². The van der Waals surface area contributed by atoms with E-state index in [1.165, 1.54) is 10.9 Å². The van der Waals surface area contributed by atoms with E-state index >= 15 is 0 Å². The monoisotopic (exact) mass is 481 g/mol. The molecule has 1 aromatic heterocycles. The van der Waals surface area contributed by atoms with Crippen LogP contribution in [0.15, 0.2) is 54.7 Å². The van der Waals surface area contributed by atoms with Gasteiger partial charge in [0, 0.05) is 5.69 Å². The lowest BCUT2D eigenvalue weighted by Crippen LogP contribution is -2.60. The van der Waals surface area contributed by atoms with Crippen LogP contribution in [0.4, 0.5) is 10.1 Å². The lowest BCUT2D eigenvalue weighted by atomic mass is 9.48. The summed E-state index contributed by atoms with van der Waals surface area (Å²) in [6.07, 6.45) is 1.18. The van der Waals surface area contributed by atoms with E-state index in [1.807, 2.05) is 67.7 Å². The third-order valence-electron chi connectivity index (χ3n) is 6.77. The summed E-state index contributed by atoms with van der Waals surface area (Å²) in [7, 11) is 5.74. The molecule has 2 aromatic carbocycles. The molecule has 36 heavy (non-hydrogen) atoms. The quantitative estimate of drug-likeness (QED) is 0.533. The minimum absolute atomic E-state index is 0.157. The number of amides is 2. The first kappa shape index (κ1) is 25.3. The number of halogens is 1. The third kappa shape index (κ3) is 4.81. The zero-order valence-corrected chi connectivity index (χ0v) is 21.1. The number of nitriles is 1. The highest BCUT2D eigenvalue weighted by atomic mass is 19.1. The Hall–Kier alpha value is -3.80. The maximum Gasteiger partial charge on any atom is 0.275 e. The van der Waals surface area contributed by atoms with Gasteiger partial charge in [-0.05, 0) is 46.4 Å². The van der Waals surface area contributed by atoms with Gasteiger partial charge in [-0.1, -0.05) is 44.2 Å². The van der Waals surface area contributed by atoms with Crippen LogP contribution in [-0.2, 0) is 11.3 Å². The average molecular weight is 481 g/mol. The number of hydrogen-bond donors (Lipinski definition) is 1. The molecule has 0 aliphatic carbocycles. The Morgan fingerprint density at radius 3 is 2.53 bits per heavy atom. The molecule has 2 amide bonds. The van der Waals surface area contributed by atoms with Crippen molar-refractivity contribution in [3.8, 4) is 6.07 Å². The lowest BCUT2D eigenvalue weighted by Gasteiger charge is -2.38. The summed E-state index contributed by atoms with van der Waals surface area (Å²) in [5.41, 5.74) is 2.64. The predicted molar refractivity (Wildman–Crippen MR) is 144 cm³/mol. The number of nitrogens with one attached hydrogen (secondary N) is 1. The van der Waals surface area contributed by atoms with Crippen molar-refractivity contribution in [3.05, 3.63) is 82.9 Å². The number of anilines is 1. The molecule has 1 N–H and O–H groups in total. The molecule has 2 heterocycles. The van der Waals surface area contributed by atoms with Crippen LogP contribution in [0.2, 0.25) is 0 Å². The van der Waals surface area contributed by atoms with Crippen molar-refractivity contribution in [2.45, 2.75) is 37.6 Å². The first-order valence-electron chi connectivity index (χ1n) is 12.0. The molecule has 0 bridgehead atoms. The molecule has 3 aromatic rings. The number of fused-ring (bicyclic) bond motifs is 1. The van der Waals surface area contributed by atoms with Gasteiger partial charge < -0.3 is 10.2 Å². The van der Waals surface area contributed by atoms with Gasteiger partial charge >= 0.3 is 0 Å². The van der Waals surface area contributed by atoms with E-state index in [0.717, 1.165) is 11.1 Å². The van der Waals surface area contributed by atoms with Crippen LogP contribution in [0.25, 0.3) is 0 Å². The molecule has 11 heteroatoms. The zero-order valence-electron chi connectivity index (χ0n) is 21.1. The number of carbonyl (C=O) groups excluding carboxylic acids is 2. The normalized spacial score (nSPS) is 19.8. The number of nitrogens with zero attached hydrogens (tertiary/aromatic N) is 4. The molecule has 1 aliphatic rings. The van der Waals surface area contributed by atoms with Crippen LogP contribution in [0.1, 0.15) is 46.9 Å². The van der Waals surface area contributed by atoms with Gasteiger partial charge in [-0.15, -0.1) is 0 Å². The molecule has 3 atom stereocenters. The summed E-state index contributed by atoms with van der Waals surface area (Å²) in [4.78, 5) is 28.8. The summed E-state index contributed by atoms with van der Waals surface area (Å²) in [5.74, 6) is -2.26. The largest absolute Gasteiger partial charge is 0.338 e. The molecule has 0 fully saturated rings. The fourth-order valence-corrected chi connectivity index (χ4v) is 4.74. The molecule has 180 valence electrons. The summed E-state index contributed by atoms with van der Waals surface area (Å²) < 4.78 is 16.1. The van der Waals surface area contributed by atoms with Gasteiger partial charge in [0.1, 0.15) is 29.6 Å². The highest BCUT2D eigenvalue weighted by Crippen LogP contribution is 2.40. The van der Waals surface area contributed by atoms with Crippen LogP contribution in [0, 0.1) is 23.1 Å². The van der Waals surface area contributed by atoms with Gasteiger partial charge in [0.25, 0.3) is 5.91 Å². The third-order valence-corrected chi connectivity index (χ3v) is 6.77. The van der Waals surface area contributed by atoms with Gasteiger partial charge in [0.05, 0.1) is 24.4 Å². The highest BCUT2D eigenvalue weighted by molar-refractivity contribution is 6.62. The molecular formula is C25H27B3FN5O2. The van der Waals surface area contributed by atoms with E-state index in [9.17, 15) is 19.2 Å². The zero-order chi connectivity index (χ0) is 26.2. The van der Waals surface area contributed by atoms with Crippen molar-refractivity contribution in [1.29, 1.82) is 5.26 Å². The predicted octanol–water partition coefficient (Wildman–Crippen LogP) is 0.338. The summed E-state index contributed by atoms with van der Waals surface area (Å²) in [6.45, 7) is 4.17. The van der Waals surface area contributed by atoms with Crippen molar-refractivity contribution >= 4 is 41.0 Å². The molecule has 7 nitrogen and oxygen atoms in total. The van der Waals surface area contributed by atoms with Crippen LogP contribution < -0.4 is 10.2 Å². The number of benzene rings is 2. The molecule has 4 rings (SSSR count). The molecule has 0 saturated carbocycles. The molecule has 0 radical (unpaired) electrons. The van der Waals surface area contributed by atoms with E-state index in [2.05, 4.69) is 16.5 Å². The summed E-state index contributed by atoms with van der Waals surface area (Å²) in [5, 5.41) is 15.8. The second kappa shape index (κ2) is 9.69. The van der Waals surface area contributed by atoms with E-state index < -0.39 is 23.0 Å². The molecular weight excluding hydrogens is 454 g/mol. The number of rotatable bonds is 5. The first-order chi connectivity index (χ1) is 17.0. The Kier molecular flexibility index (Phi) is 6.81. The standard InChI is InChI=1S/C25H27B3FN5O2/c1-14-15(2)21(24(36)34(25(26,27)28)20-9-8-17(11-30)10-18(14)20)31-23(35)22-19(29)13-33(32-22)12-16-6-4-3-5-7-16/h3-10,13-15,21H,12,26-28H2,1-2H3,(H,31,35)/t14-,15+,21+/m1/s1. The Morgan fingerprint density at radius 2 is 1.89 bits per heavy atom. The van der Waals surface area contributed by atoms with Gasteiger partial charge in [0.2, 0.25) is 5.91 Å². The number of hydrogen-bond acceptors (Lipinski definition) is 4. The van der Waals surface area contributed by atoms with Crippen LogP contribution >= 0.6 is 0 Å². The van der Waals surface area contributed by atoms with E-state index in [-0.39, 0.29) is 23.4 Å². The van der Waals surface area contributed by atoms with Gasteiger partial charge in [-0.3, -0.25) is 14.3 Å². The number of carbonyl (C=O) groups is 2. The average Bonchev–Trinajstić information content (AvgIpc) is 3.18. The van der Waals surface area contributed by atoms with Crippen molar-refractivity contribution in [3.63, 3.8) is 0 Å². The van der Waals surface area contributed by atoms with Crippen LogP contribution in [0.5, 0.6) is 0 Å². The maximum absolute atomic E-state index is 14.8. The van der Waals surface area contributed by atoms with E-state index in [0.29, 0.717) is 17.8 Å². The minimum Gasteiger partial charge on any atom is -0.338 e. The van der Waals surface area contributed by atoms with Crippen LogP contribution in [-0.4, -0.2) is 56.4 Å². The fourth-order valence-electron chi connectivity index (χ4n) is 4.74. The SMILES string of the molecule is BC(B)(B)N1C(=O)[C@@H](NC(=O)c2nn(Cc3ccccc3)cc2F)[C@@H](C)[C@@H](C)c2cc(C#N)ccc21. The molecule has 0 spiro atoms. The molecule has 1 aliphatic heterocycles. The van der Waals surface area contributed by atoms with Crippen molar-refractivity contribution in [2.24, 2.45) is 5.92 Å². The first-order valence-corrected chi connectivity index (χ1v) is 12.0. The summed E-state index contributed by atoms with van der Waals surface area (Å²) >= 11 is 0. The van der Waals surface area contributed by atoms with Crippen molar-refractivity contribution < 1.29 is 14.0 Å². The molecule has 0 saturated heterocycles. The van der Waals surface area contributed by atoms with Gasteiger partial charge in [0.15, 0.2) is 11.5 Å². The Labute approximate surface area is 212 Å². The Balaban J connectivity index is 1.66. The molecule has 0 unspecified atom stereocenters. The highest BCUT2D eigenvalue weighted by Gasteiger charge is 2.43. The summed E-state index contributed by atoms with van der Waals surface area (Å²) in [6, 6.07) is 16.0. The van der Waals surface area contributed by atoms with Gasteiger partial charge in [-0.2, -0.15) is 10.4 Å². The fraction of sp³-hybridized carbons (Fsp3) is 0.280. The second-order valence-corrected chi connectivity index (χ2v) is 10.3. The van der Waals surface area contributed by atoms with Crippen molar-refractivity contribution in [1.82, 2.24) is 15.1 Å². The smallest absolute Gasteiger partial charge is 0.275 e.